The van der Waals surface area contributed by atoms with Gasteiger partial charge in [0.05, 0.1) is 34.4 Å². The molecule has 1 N–H and O–H groups in total. The Hall–Kier alpha value is -4.31. The molecule has 0 aliphatic rings. The number of carboxylic acids is 1. The zero-order chi connectivity index (χ0) is 66.1. The van der Waals surface area contributed by atoms with Gasteiger partial charge in [-0.1, -0.05) is 328 Å². The van der Waals surface area contributed by atoms with Crippen molar-refractivity contribution in [2.75, 3.05) is 47.5 Å². The highest BCUT2D eigenvalue weighted by atomic mass is 16.7. The van der Waals surface area contributed by atoms with Crippen LogP contribution in [0.2, 0.25) is 0 Å². The number of nitrogens with zero attached hydrogens (tertiary/aromatic N) is 1. The lowest BCUT2D eigenvalue weighted by atomic mass is 10.0. The lowest BCUT2D eigenvalue weighted by molar-refractivity contribution is -0.870. The minimum atomic E-state index is -1.52. The van der Waals surface area contributed by atoms with Crippen LogP contribution in [0.15, 0.2) is 122 Å². The summed E-state index contributed by atoms with van der Waals surface area (Å²) in [6, 6.07) is 0. The van der Waals surface area contributed by atoms with Crippen molar-refractivity contribution in [3.05, 3.63) is 122 Å². The summed E-state index contributed by atoms with van der Waals surface area (Å²) in [7, 11) is 5.97. The third kappa shape index (κ3) is 73.0. The third-order valence-electron chi connectivity index (χ3n) is 16.2. The molecule has 2 atom stereocenters. The molecule has 0 aliphatic carbocycles. The molecule has 9 heteroatoms. The van der Waals surface area contributed by atoms with Gasteiger partial charge in [-0.15, -0.1) is 0 Å². The van der Waals surface area contributed by atoms with E-state index in [9.17, 15) is 19.5 Å². The highest BCUT2D eigenvalue weighted by Crippen LogP contribution is 2.18. The van der Waals surface area contributed by atoms with Gasteiger partial charge in [0.2, 0.25) is 0 Å². The van der Waals surface area contributed by atoms with Crippen LogP contribution in [0.4, 0.5) is 0 Å². The van der Waals surface area contributed by atoms with Gasteiger partial charge in [-0.25, -0.2) is 4.79 Å². The van der Waals surface area contributed by atoms with Crippen molar-refractivity contribution in [1.82, 2.24) is 0 Å². The van der Waals surface area contributed by atoms with E-state index in [1.807, 2.05) is 21.1 Å². The van der Waals surface area contributed by atoms with Crippen molar-refractivity contribution >= 4 is 17.9 Å². The van der Waals surface area contributed by atoms with Gasteiger partial charge in [-0.3, -0.25) is 9.59 Å². The molecule has 0 saturated heterocycles. The maximum Gasteiger partial charge on any atom is 0.361 e. The number of carbonyl (C=O) groups excluding carboxylic acids is 2. The first-order valence-corrected chi connectivity index (χ1v) is 37.7. The molecule has 0 rings (SSSR count). The molecule has 0 bridgehead atoms. The predicted molar refractivity (Wildman–Crippen MR) is 391 cm³/mol. The second-order valence-corrected chi connectivity index (χ2v) is 26.2. The van der Waals surface area contributed by atoms with E-state index in [1.165, 1.54) is 167 Å². The first-order valence-electron chi connectivity index (χ1n) is 37.7. The Kier molecular flexibility index (Phi) is 68.1. The Morgan fingerprint density at radius 2 is 0.593 bits per heavy atom. The van der Waals surface area contributed by atoms with Crippen LogP contribution in [0.25, 0.3) is 0 Å². The topological polar surface area (TPSA) is 108 Å². The number of rotatable bonds is 69. The molecule has 0 fully saturated rings. The number of likely N-dealkylation sites (N-methyl/N-ethyl adjacent to an activating group) is 1. The Labute approximate surface area is 561 Å². The average molecular weight is 1270 g/mol. The molecule has 0 aliphatic heterocycles. The standard InChI is InChI=1S/C82H141NO8/c1-6-8-10-12-14-16-18-20-22-24-26-28-30-32-33-34-35-36-37-38-39-40-41-42-43-44-45-46-47-49-50-52-54-56-58-60-62-64-66-68-70-72-79(84)89-76-78(77-90-82(81(86)87)88-75-74-83(3,4)5)91-80(85)73-71-69-67-65-63-61-59-57-55-53-51-48-31-29-27-25-23-21-19-17-15-13-11-9-7-2/h8-11,14-17,20-23,26-29,48,51,55,57,78,82H,6-7,12-13,18-19,24-25,30-47,49-50,52-54,56,58-77H2,1-5H3/p+1/b10-8-,11-9-,16-14-,17-15-,22-20-,23-21-,28-26-,29-27-,51-48-,57-55-. The van der Waals surface area contributed by atoms with E-state index >= 15 is 0 Å². The molecule has 0 saturated carbocycles. The summed E-state index contributed by atoms with van der Waals surface area (Å²) in [5.74, 6) is -2.02. The summed E-state index contributed by atoms with van der Waals surface area (Å²) in [5.41, 5.74) is 0. The van der Waals surface area contributed by atoms with Gasteiger partial charge < -0.3 is 28.5 Å². The highest BCUT2D eigenvalue weighted by Gasteiger charge is 2.25. The quantitative estimate of drug-likeness (QED) is 0.0211. The van der Waals surface area contributed by atoms with Gasteiger partial charge in [0.1, 0.15) is 13.2 Å². The van der Waals surface area contributed by atoms with Crippen LogP contribution in [0.3, 0.4) is 0 Å². The van der Waals surface area contributed by atoms with E-state index in [0.717, 1.165) is 122 Å². The number of hydrogen-bond donors (Lipinski definition) is 1. The number of ether oxygens (including phenoxy) is 4. The zero-order valence-corrected chi connectivity index (χ0v) is 59.7. The Balaban J connectivity index is 4.00. The van der Waals surface area contributed by atoms with Gasteiger partial charge in [-0.05, 0) is 103 Å². The summed E-state index contributed by atoms with van der Waals surface area (Å²) in [6.45, 7) is 4.66. The van der Waals surface area contributed by atoms with Crippen LogP contribution in [-0.2, 0) is 33.3 Å². The van der Waals surface area contributed by atoms with Crippen LogP contribution < -0.4 is 0 Å². The molecule has 0 aromatic rings. The van der Waals surface area contributed by atoms with E-state index in [4.69, 9.17) is 18.9 Å². The molecule has 0 aromatic carbocycles. The normalized spacial score (nSPS) is 13.4. The number of carboxylic acid groups (broad SMARTS) is 1. The van der Waals surface area contributed by atoms with Gasteiger partial charge in [0.15, 0.2) is 6.10 Å². The van der Waals surface area contributed by atoms with Gasteiger partial charge >= 0.3 is 17.9 Å². The molecule has 0 amide bonds. The van der Waals surface area contributed by atoms with Gasteiger partial charge in [0, 0.05) is 12.8 Å². The number of allylic oxidation sites excluding steroid dienone is 20. The summed E-state index contributed by atoms with van der Waals surface area (Å²) in [4.78, 5) is 37.7. The lowest BCUT2D eigenvalue weighted by Gasteiger charge is -2.25. The summed E-state index contributed by atoms with van der Waals surface area (Å²) in [5, 5.41) is 9.75. The number of aliphatic carboxylic acids is 1. The number of unbranched alkanes of at least 4 members (excludes halogenated alkanes) is 34. The third-order valence-corrected chi connectivity index (χ3v) is 16.2. The molecular formula is C82H142NO8+. The van der Waals surface area contributed by atoms with Crippen molar-refractivity contribution in [2.45, 2.75) is 334 Å². The van der Waals surface area contributed by atoms with Crippen molar-refractivity contribution in [3.8, 4) is 0 Å². The second kappa shape index (κ2) is 71.5. The maximum absolute atomic E-state index is 12.9. The fourth-order valence-electron chi connectivity index (χ4n) is 10.5. The Morgan fingerprint density at radius 1 is 0.330 bits per heavy atom. The minimum Gasteiger partial charge on any atom is -0.477 e. The second-order valence-electron chi connectivity index (χ2n) is 26.2. The van der Waals surface area contributed by atoms with Crippen LogP contribution >= 0.6 is 0 Å². The fourth-order valence-corrected chi connectivity index (χ4v) is 10.5. The lowest BCUT2D eigenvalue weighted by Crippen LogP contribution is -2.40. The first-order chi connectivity index (χ1) is 44.6. The predicted octanol–water partition coefficient (Wildman–Crippen LogP) is 23.9. The fraction of sp³-hybridized carbons (Fsp3) is 0.720. The summed E-state index contributed by atoms with van der Waals surface area (Å²) >= 11 is 0. The van der Waals surface area contributed by atoms with Crippen molar-refractivity contribution < 1.29 is 42.9 Å². The molecule has 2 unspecified atom stereocenters. The average Bonchev–Trinajstić information content (AvgIpc) is 3.46. The summed E-state index contributed by atoms with van der Waals surface area (Å²) in [6.07, 6.45) is 99.2. The number of quaternary nitrogens is 1. The van der Waals surface area contributed by atoms with Gasteiger partial charge in [0.25, 0.3) is 6.29 Å². The molecule has 0 heterocycles. The van der Waals surface area contributed by atoms with E-state index in [2.05, 4.69) is 135 Å². The van der Waals surface area contributed by atoms with Crippen molar-refractivity contribution in [2.24, 2.45) is 0 Å². The molecule has 522 valence electrons. The smallest absolute Gasteiger partial charge is 0.361 e. The summed E-state index contributed by atoms with van der Waals surface area (Å²) < 4.78 is 23.0. The first kappa shape index (κ1) is 86.7. The van der Waals surface area contributed by atoms with E-state index in [1.54, 1.807) is 0 Å². The molecule has 91 heavy (non-hydrogen) atoms. The number of carbonyl (C=O) groups is 3. The molecule has 0 spiro atoms. The Bertz CT molecular complexity index is 1910. The largest absolute Gasteiger partial charge is 0.477 e. The molecule has 0 radical (unpaired) electrons. The van der Waals surface area contributed by atoms with Crippen LogP contribution in [0.1, 0.15) is 322 Å². The maximum atomic E-state index is 12.9. The van der Waals surface area contributed by atoms with E-state index in [-0.39, 0.29) is 32.2 Å². The van der Waals surface area contributed by atoms with Crippen LogP contribution in [0.5, 0.6) is 0 Å². The van der Waals surface area contributed by atoms with Crippen molar-refractivity contribution in [1.29, 1.82) is 0 Å². The van der Waals surface area contributed by atoms with Crippen molar-refractivity contribution in [3.63, 3.8) is 0 Å². The van der Waals surface area contributed by atoms with Crippen LogP contribution in [0, 0.1) is 0 Å². The molecule has 9 nitrogen and oxygen atoms in total. The zero-order valence-electron chi connectivity index (χ0n) is 59.7. The molecular weight excluding hydrogens is 1130 g/mol. The SMILES string of the molecule is CC/C=C\C/C=C\C/C=C\C/C=C\C/C=C\C/C=C\CCCCCCCCC(=O)OC(COC(=O)CCCCCCCCCCCCCCCCCCCCCCCCCCCCCC/C=C\C/C=C\C/C=C\C/C=C\CC)COC(OCC[N+](C)(C)C)C(=O)O. The van der Waals surface area contributed by atoms with E-state index in [0.29, 0.717) is 23.9 Å². The monoisotopic (exact) mass is 1270 g/mol. The number of esters is 2. The van der Waals surface area contributed by atoms with E-state index < -0.39 is 24.3 Å². The highest BCUT2D eigenvalue weighted by molar-refractivity contribution is 5.71. The number of hydrogen-bond acceptors (Lipinski definition) is 7. The van der Waals surface area contributed by atoms with Gasteiger partial charge in [-0.2, -0.15) is 0 Å². The van der Waals surface area contributed by atoms with Crippen LogP contribution in [-0.4, -0.2) is 87.4 Å². The molecule has 0 aromatic heterocycles. The Morgan fingerprint density at radius 3 is 0.879 bits per heavy atom. The minimum absolute atomic E-state index is 0.181.